The quantitative estimate of drug-likeness (QED) is 0.849. The van der Waals surface area contributed by atoms with Crippen LogP contribution in [0.1, 0.15) is 24.6 Å². The Labute approximate surface area is 109 Å². The topological polar surface area (TPSA) is 37.8 Å². The second kappa shape index (κ2) is 4.66. The Morgan fingerprint density at radius 2 is 2.06 bits per heavy atom. The number of benzene rings is 1. The Morgan fingerprint density at radius 3 is 2.71 bits per heavy atom. The molecule has 0 radical (unpaired) electrons. The average Bonchev–Trinajstić information content (AvgIpc) is 3.12. The van der Waals surface area contributed by atoms with Crippen molar-refractivity contribution in [3.63, 3.8) is 0 Å². The van der Waals surface area contributed by atoms with Gasteiger partial charge in [-0.1, -0.05) is 0 Å². The van der Waals surface area contributed by atoms with Gasteiger partial charge in [-0.25, -0.2) is 4.98 Å². The highest BCUT2D eigenvalue weighted by molar-refractivity contribution is 7.98. The van der Waals surface area contributed by atoms with E-state index < -0.39 is 0 Å². The highest BCUT2D eigenvalue weighted by atomic mass is 32.2. The van der Waals surface area contributed by atoms with Gasteiger partial charge in [0.25, 0.3) is 0 Å². The number of rotatable bonds is 4. The molecule has 88 valence electrons. The molecule has 1 aromatic carbocycles. The third kappa shape index (κ3) is 2.61. The molecular formula is C12H13N3S2. The zero-order chi connectivity index (χ0) is 11.7. The van der Waals surface area contributed by atoms with E-state index in [0.717, 1.165) is 16.6 Å². The van der Waals surface area contributed by atoms with Gasteiger partial charge in [0.2, 0.25) is 5.13 Å². The number of thioether (sulfide) groups is 1. The minimum absolute atomic E-state index is 0.626. The molecule has 3 nitrogen and oxygen atoms in total. The fraction of sp³-hybridized carbons (Fsp3) is 0.333. The van der Waals surface area contributed by atoms with Crippen molar-refractivity contribution < 1.29 is 0 Å². The molecule has 1 heterocycles. The van der Waals surface area contributed by atoms with E-state index in [1.165, 1.54) is 29.3 Å². The van der Waals surface area contributed by atoms with Gasteiger partial charge in [-0.3, -0.25) is 0 Å². The SMILES string of the molecule is CSc1ccc(Nc2nc(C3CC3)ns2)cc1. The van der Waals surface area contributed by atoms with Crippen LogP contribution in [0.3, 0.4) is 0 Å². The molecule has 0 saturated heterocycles. The maximum absolute atomic E-state index is 4.50. The van der Waals surface area contributed by atoms with E-state index in [2.05, 4.69) is 45.2 Å². The normalized spacial score (nSPS) is 14.9. The molecule has 0 amide bonds. The van der Waals surface area contributed by atoms with Gasteiger partial charge < -0.3 is 5.32 Å². The Morgan fingerprint density at radius 1 is 1.29 bits per heavy atom. The van der Waals surface area contributed by atoms with E-state index in [1.807, 2.05) is 0 Å². The molecule has 1 N–H and O–H groups in total. The van der Waals surface area contributed by atoms with Crippen LogP contribution in [0.5, 0.6) is 0 Å². The molecular weight excluding hydrogens is 250 g/mol. The van der Waals surface area contributed by atoms with E-state index in [0.29, 0.717) is 5.92 Å². The van der Waals surface area contributed by atoms with Crippen LogP contribution in [0, 0.1) is 0 Å². The molecule has 0 bridgehead atoms. The molecule has 1 aliphatic rings. The molecule has 3 rings (SSSR count). The summed E-state index contributed by atoms with van der Waals surface area (Å²) in [5, 5.41) is 4.19. The van der Waals surface area contributed by atoms with Crippen LogP contribution in [0.4, 0.5) is 10.8 Å². The Kier molecular flexibility index (Phi) is 3.03. The van der Waals surface area contributed by atoms with Crippen molar-refractivity contribution in [2.24, 2.45) is 0 Å². The lowest BCUT2D eigenvalue weighted by Gasteiger charge is -2.02. The fourth-order valence-electron chi connectivity index (χ4n) is 1.59. The summed E-state index contributed by atoms with van der Waals surface area (Å²) < 4.78 is 4.37. The van der Waals surface area contributed by atoms with Crippen LogP contribution >= 0.6 is 23.3 Å². The van der Waals surface area contributed by atoms with Gasteiger partial charge in [0, 0.05) is 28.0 Å². The Balaban J connectivity index is 1.71. The molecule has 1 aliphatic carbocycles. The van der Waals surface area contributed by atoms with Crippen molar-refractivity contribution in [1.82, 2.24) is 9.36 Å². The van der Waals surface area contributed by atoms with Crippen molar-refractivity contribution in [2.75, 3.05) is 11.6 Å². The lowest BCUT2D eigenvalue weighted by atomic mass is 10.3. The summed E-state index contributed by atoms with van der Waals surface area (Å²) in [6.45, 7) is 0. The van der Waals surface area contributed by atoms with Crippen LogP contribution < -0.4 is 5.32 Å². The van der Waals surface area contributed by atoms with E-state index in [-0.39, 0.29) is 0 Å². The average molecular weight is 263 g/mol. The monoisotopic (exact) mass is 263 g/mol. The number of aromatic nitrogens is 2. The van der Waals surface area contributed by atoms with Crippen LogP contribution in [0.2, 0.25) is 0 Å². The predicted octanol–water partition coefficient (Wildman–Crippen LogP) is 3.88. The first-order chi connectivity index (χ1) is 8.35. The summed E-state index contributed by atoms with van der Waals surface area (Å²) in [7, 11) is 0. The van der Waals surface area contributed by atoms with Gasteiger partial charge in [0.1, 0.15) is 5.82 Å². The first-order valence-corrected chi connectivity index (χ1v) is 7.59. The summed E-state index contributed by atoms with van der Waals surface area (Å²) in [4.78, 5) is 5.77. The van der Waals surface area contributed by atoms with Gasteiger partial charge in [0.05, 0.1) is 0 Å². The van der Waals surface area contributed by atoms with E-state index in [1.54, 1.807) is 11.8 Å². The lowest BCUT2D eigenvalue weighted by Crippen LogP contribution is -1.90. The standard InChI is InChI=1S/C12H13N3S2/c1-16-10-6-4-9(5-7-10)13-12-14-11(15-17-12)8-2-3-8/h4-8H,2-3H2,1H3,(H,13,14,15). The summed E-state index contributed by atoms with van der Waals surface area (Å²) in [5.74, 6) is 1.64. The van der Waals surface area contributed by atoms with Crippen molar-refractivity contribution in [2.45, 2.75) is 23.7 Å². The van der Waals surface area contributed by atoms with Crippen molar-refractivity contribution >= 4 is 34.1 Å². The van der Waals surface area contributed by atoms with Gasteiger partial charge in [-0.2, -0.15) is 4.37 Å². The number of nitrogens with zero attached hydrogens (tertiary/aromatic N) is 2. The highest BCUT2D eigenvalue weighted by Gasteiger charge is 2.27. The van der Waals surface area contributed by atoms with Gasteiger partial charge in [-0.05, 0) is 43.4 Å². The second-order valence-electron chi connectivity index (χ2n) is 4.09. The smallest absolute Gasteiger partial charge is 0.207 e. The molecule has 0 spiro atoms. The third-order valence-corrected chi connectivity index (χ3v) is 4.11. The summed E-state index contributed by atoms with van der Waals surface area (Å²) in [6.07, 6.45) is 4.58. The maximum Gasteiger partial charge on any atom is 0.207 e. The van der Waals surface area contributed by atoms with Crippen molar-refractivity contribution in [3.05, 3.63) is 30.1 Å². The summed E-state index contributed by atoms with van der Waals surface area (Å²) in [5.41, 5.74) is 1.07. The van der Waals surface area contributed by atoms with E-state index in [4.69, 9.17) is 0 Å². The van der Waals surface area contributed by atoms with Crippen LogP contribution in [0.25, 0.3) is 0 Å². The fourth-order valence-corrected chi connectivity index (χ4v) is 2.67. The predicted molar refractivity (Wildman–Crippen MR) is 73.4 cm³/mol. The van der Waals surface area contributed by atoms with Crippen molar-refractivity contribution in [1.29, 1.82) is 0 Å². The van der Waals surface area contributed by atoms with E-state index >= 15 is 0 Å². The Bertz CT molecular complexity index is 503. The van der Waals surface area contributed by atoms with Gasteiger partial charge >= 0.3 is 0 Å². The molecule has 0 unspecified atom stereocenters. The van der Waals surface area contributed by atoms with Gasteiger partial charge in [0.15, 0.2) is 0 Å². The summed E-state index contributed by atoms with van der Waals surface area (Å²) >= 11 is 3.19. The van der Waals surface area contributed by atoms with E-state index in [9.17, 15) is 0 Å². The highest BCUT2D eigenvalue weighted by Crippen LogP contribution is 2.39. The molecule has 1 fully saturated rings. The number of hydrogen-bond acceptors (Lipinski definition) is 5. The number of hydrogen-bond donors (Lipinski definition) is 1. The number of nitrogens with one attached hydrogen (secondary N) is 1. The third-order valence-electron chi connectivity index (χ3n) is 2.73. The maximum atomic E-state index is 4.50. The molecule has 17 heavy (non-hydrogen) atoms. The minimum atomic E-state index is 0.626. The second-order valence-corrected chi connectivity index (χ2v) is 5.72. The van der Waals surface area contributed by atoms with Crippen LogP contribution in [-0.4, -0.2) is 15.6 Å². The minimum Gasteiger partial charge on any atom is -0.330 e. The van der Waals surface area contributed by atoms with Crippen LogP contribution in [-0.2, 0) is 0 Å². The lowest BCUT2D eigenvalue weighted by molar-refractivity contribution is 0.987. The zero-order valence-corrected chi connectivity index (χ0v) is 11.1. The molecule has 5 heteroatoms. The summed E-state index contributed by atoms with van der Waals surface area (Å²) in [6, 6.07) is 8.36. The zero-order valence-electron chi connectivity index (χ0n) is 9.51. The first-order valence-electron chi connectivity index (χ1n) is 5.60. The first kappa shape index (κ1) is 11.0. The largest absolute Gasteiger partial charge is 0.330 e. The van der Waals surface area contributed by atoms with Crippen molar-refractivity contribution in [3.8, 4) is 0 Å². The molecule has 0 atom stereocenters. The molecule has 2 aromatic rings. The number of anilines is 2. The Hall–Kier alpha value is -1.07. The molecule has 1 saturated carbocycles. The molecule has 1 aromatic heterocycles. The molecule has 0 aliphatic heterocycles. The van der Waals surface area contributed by atoms with Gasteiger partial charge in [-0.15, -0.1) is 11.8 Å². The van der Waals surface area contributed by atoms with Crippen LogP contribution in [0.15, 0.2) is 29.2 Å².